The van der Waals surface area contributed by atoms with Crippen molar-refractivity contribution >= 4 is 11.9 Å². The fraction of sp³-hybridized carbons (Fsp3) is 0.440. The van der Waals surface area contributed by atoms with E-state index < -0.39 is 0 Å². The zero-order valence-corrected chi connectivity index (χ0v) is 17.9. The molecule has 0 spiro atoms. The van der Waals surface area contributed by atoms with E-state index in [1.807, 2.05) is 42.2 Å². The highest BCUT2D eigenvalue weighted by atomic mass is 16.2. The molecule has 1 aliphatic rings. The van der Waals surface area contributed by atoms with Crippen molar-refractivity contribution in [1.82, 2.24) is 15.5 Å². The molecule has 1 saturated heterocycles. The molecule has 1 heterocycles. The number of rotatable bonds is 8. The number of nitrogens with one attached hydrogen (secondary N) is 2. The number of carbonyl (C=O) groups excluding carboxylic acids is 2. The van der Waals surface area contributed by atoms with Gasteiger partial charge in [0.2, 0.25) is 0 Å². The Bertz CT molecular complexity index is 797. The van der Waals surface area contributed by atoms with Gasteiger partial charge in [-0.05, 0) is 68.2 Å². The van der Waals surface area contributed by atoms with E-state index in [4.69, 9.17) is 0 Å². The molecule has 1 fully saturated rings. The van der Waals surface area contributed by atoms with Crippen LogP contribution >= 0.6 is 0 Å². The van der Waals surface area contributed by atoms with Gasteiger partial charge in [-0.1, -0.05) is 42.5 Å². The Kier molecular flexibility index (Phi) is 8.30. The Balaban J connectivity index is 1.38. The van der Waals surface area contributed by atoms with Crippen molar-refractivity contribution in [3.63, 3.8) is 0 Å². The fourth-order valence-electron chi connectivity index (χ4n) is 3.97. The summed E-state index contributed by atoms with van der Waals surface area (Å²) in [5.41, 5.74) is 3.27. The topological polar surface area (TPSA) is 61.4 Å². The molecule has 0 aliphatic carbocycles. The average molecular weight is 408 g/mol. The van der Waals surface area contributed by atoms with Crippen molar-refractivity contribution < 1.29 is 9.59 Å². The lowest BCUT2D eigenvalue weighted by Gasteiger charge is -2.32. The molecule has 1 aliphatic heterocycles. The Morgan fingerprint density at radius 1 is 0.933 bits per heavy atom. The minimum atomic E-state index is -0.00939. The first kappa shape index (κ1) is 21.9. The van der Waals surface area contributed by atoms with E-state index in [1.54, 1.807) is 0 Å². The van der Waals surface area contributed by atoms with Crippen molar-refractivity contribution in [3.05, 3.63) is 71.3 Å². The largest absolute Gasteiger partial charge is 0.352 e. The summed E-state index contributed by atoms with van der Waals surface area (Å²) >= 11 is 0. The predicted molar refractivity (Wildman–Crippen MR) is 121 cm³/mol. The average Bonchev–Trinajstić information content (AvgIpc) is 2.78. The standard InChI is InChI=1S/C25H33N3O2/c1-2-26-25(30)28-17-14-22(15-18-28)19-21-10-12-23(13-11-21)24(29)27-16-6-9-20-7-4-3-5-8-20/h3-5,7-8,10-13,22H,2,6,9,14-19H2,1H3,(H,26,30)(H,27,29). The third-order valence-corrected chi connectivity index (χ3v) is 5.74. The summed E-state index contributed by atoms with van der Waals surface area (Å²) in [7, 11) is 0. The normalized spacial score (nSPS) is 14.4. The molecule has 5 heteroatoms. The second kappa shape index (κ2) is 11.4. The first-order chi connectivity index (χ1) is 14.7. The van der Waals surface area contributed by atoms with Gasteiger partial charge in [0.15, 0.2) is 0 Å². The highest BCUT2D eigenvalue weighted by molar-refractivity contribution is 5.94. The number of likely N-dealkylation sites (tertiary alicyclic amines) is 1. The SMILES string of the molecule is CCNC(=O)N1CCC(Cc2ccc(C(=O)NCCCc3ccccc3)cc2)CC1. The van der Waals surface area contributed by atoms with Crippen LogP contribution in [0.3, 0.4) is 0 Å². The molecule has 0 unspecified atom stereocenters. The number of benzene rings is 2. The van der Waals surface area contributed by atoms with Crippen LogP contribution in [0.1, 0.15) is 47.7 Å². The summed E-state index contributed by atoms with van der Waals surface area (Å²) in [6.45, 7) is 4.94. The molecule has 2 aromatic rings. The smallest absolute Gasteiger partial charge is 0.317 e. The zero-order valence-electron chi connectivity index (χ0n) is 17.9. The van der Waals surface area contributed by atoms with Crippen LogP contribution in [-0.2, 0) is 12.8 Å². The summed E-state index contributed by atoms with van der Waals surface area (Å²) in [5, 5.41) is 5.89. The molecular weight excluding hydrogens is 374 g/mol. The second-order valence-corrected chi connectivity index (χ2v) is 8.01. The number of hydrogen-bond acceptors (Lipinski definition) is 2. The van der Waals surface area contributed by atoms with E-state index in [-0.39, 0.29) is 11.9 Å². The molecule has 2 N–H and O–H groups in total. The van der Waals surface area contributed by atoms with E-state index in [0.717, 1.165) is 45.2 Å². The van der Waals surface area contributed by atoms with Crippen LogP contribution in [0.15, 0.2) is 54.6 Å². The summed E-state index contributed by atoms with van der Waals surface area (Å²) in [4.78, 5) is 26.2. The summed E-state index contributed by atoms with van der Waals surface area (Å²) < 4.78 is 0. The molecule has 3 rings (SSSR count). The molecule has 0 aromatic heterocycles. The summed E-state index contributed by atoms with van der Waals surface area (Å²) in [6.07, 6.45) is 4.96. The summed E-state index contributed by atoms with van der Waals surface area (Å²) in [6, 6.07) is 18.4. The predicted octanol–water partition coefficient (Wildman–Crippen LogP) is 4.03. The Morgan fingerprint density at radius 2 is 1.63 bits per heavy atom. The maximum absolute atomic E-state index is 12.4. The number of amides is 3. The number of piperidine rings is 1. The minimum absolute atomic E-state index is 0.00939. The van der Waals surface area contributed by atoms with Gasteiger partial charge < -0.3 is 15.5 Å². The molecule has 2 aromatic carbocycles. The van der Waals surface area contributed by atoms with E-state index in [0.29, 0.717) is 24.6 Å². The molecule has 3 amide bonds. The first-order valence-corrected chi connectivity index (χ1v) is 11.1. The molecule has 30 heavy (non-hydrogen) atoms. The number of urea groups is 1. The maximum atomic E-state index is 12.4. The first-order valence-electron chi connectivity index (χ1n) is 11.1. The van der Waals surface area contributed by atoms with Gasteiger partial charge in [-0.2, -0.15) is 0 Å². The van der Waals surface area contributed by atoms with Gasteiger partial charge in [0.25, 0.3) is 5.91 Å². The van der Waals surface area contributed by atoms with Crippen molar-refractivity contribution in [2.75, 3.05) is 26.2 Å². The Morgan fingerprint density at radius 3 is 2.30 bits per heavy atom. The van der Waals surface area contributed by atoms with Crippen LogP contribution in [0.2, 0.25) is 0 Å². The lowest BCUT2D eigenvalue weighted by Crippen LogP contribution is -2.44. The number of aryl methyl sites for hydroxylation is 1. The van der Waals surface area contributed by atoms with Crippen molar-refractivity contribution in [2.24, 2.45) is 5.92 Å². The van der Waals surface area contributed by atoms with Gasteiger partial charge in [-0.3, -0.25) is 4.79 Å². The molecule has 0 bridgehead atoms. The lowest BCUT2D eigenvalue weighted by molar-refractivity contribution is 0.0953. The van der Waals surface area contributed by atoms with Gasteiger partial charge in [0, 0.05) is 31.7 Å². The van der Waals surface area contributed by atoms with Crippen LogP contribution in [0.25, 0.3) is 0 Å². The summed E-state index contributed by atoms with van der Waals surface area (Å²) in [5.74, 6) is 0.582. The van der Waals surface area contributed by atoms with Gasteiger partial charge >= 0.3 is 6.03 Å². The molecule has 5 nitrogen and oxygen atoms in total. The van der Waals surface area contributed by atoms with E-state index >= 15 is 0 Å². The molecule has 0 radical (unpaired) electrons. The van der Waals surface area contributed by atoms with Gasteiger partial charge in [0.05, 0.1) is 0 Å². The van der Waals surface area contributed by atoms with Crippen molar-refractivity contribution in [3.8, 4) is 0 Å². The number of hydrogen-bond donors (Lipinski definition) is 2. The molecule has 160 valence electrons. The lowest BCUT2D eigenvalue weighted by atomic mass is 9.90. The van der Waals surface area contributed by atoms with E-state index in [1.165, 1.54) is 11.1 Å². The molecular formula is C25H33N3O2. The van der Waals surface area contributed by atoms with Gasteiger partial charge in [-0.25, -0.2) is 4.79 Å². The van der Waals surface area contributed by atoms with Crippen LogP contribution in [-0.4, -0.2) is 43.0 Å². The van der Waals surface area contributed by atoms with Gasteiger partial charge in [0.1, 0.15) is 0 Å². The third-order valence-electron chi connectivity index (χ3n) is 5.74. The number of carbonyl (C=O) groups is 2. The monoisotopic (exact) mass is 407 g/mol. The van der Waals surface area contributed by atoms with E-state index in [2.05, 4.69) is 34.9 Å². The van der Waals surface area contributed by atoms with Crippen LogP contribution < -0.4 is 10.6 Å². The van der Waals surface area contributed by atoms with Crippen molar-refractivity contribution in [1.29, 1.82) is 0 Å². The van der Waals surface area contributed by atoms with Crippen LogP contribution in [0.4, 0.5) is 4.79 Å². The van der Waals surface area contributed by atoms with Crippen molar-refractivity contribution in [2.45, 2.75) is 39.0 Å². The van der Waals surface area contributed by atoms with Crippen LogP contribution in [0.5, 0.6) is 0 Å². The zero-order chi connectivity index (χ0) is 21.2. The molecule has 0 atom stereocenters. The minimum Gasteiger partial charge on any atom is -0.352 e. The third kappa shape index (κ3) is 6.61. The quantitative estimate of drug-likeness (QED) is 0.649. The van der Waals surface area contributed by atoms with Gasteiger partial charge in [-0.15, -0.1) is 0 Å². The van der Waals surface area contributed by atoms with E-state index in [9.17, 15) is 9.59 Å². The Hall–Kier alpha value is -2.82. The fourth-order valence-corrected chi connectivity index (χ4v) is 3.97. The van der Waals surface area contributed by atoms with Crippen LogP contribution in [0, 0.1) is 5.92 Å². The maximum Gasteiger partial charge on any atom is 0.317 e. The Labute approximate surface area is 179 Å². The molecule has 0 saturated carbocycles. The number of nitrogens with zero attached hydrogens (tertiary/aromatic N) is 1. The second-order valence-electron chi connectivity index (χ2n) is 8.01. The highest BCUT2D eigenvalue weighted by Gasteiger charge is 2.22. The highest BCUT2D eigenvalue weighted by Crippen LogP contribution is 2.22.